The van der Waals surface area contributed by atoms with Crippen LogP contribution in [-0.4, -0.2) is 35.5 Å². The minimum Gasteiger partial charge on any atom is -0.393 e. The van der Waals surface area contributed by atoms with Crippen LogP contribution in [-0.2, 0) is 15.6 Å². The van der Waals surface area contributed by atoms with Gasteiger partial charge in [-0.15, -0.1) is 11.3 Å². The Hall–Kier alpha value is -2.33. The third-order valence-electron chi connectivity index (χ3n) is 6.27. The average Bonchev–Trinajstić information content (AvgIpc) is 3.63. The Morgan fingerprint density at radius 2 is 1.94 bits per heavy atom. The van der Waals surface area contributed by atoms with Crippen LogP contribution in [0.1, 0.15) is 41.8 Å². The van der Waals surface area contributed by atoms with E-state index in [2.05, 4.69) is 9.71 Å². The molecule has 1 aliphatic rings. The molecular weight excluding hydrogens is 504 g/mol. The number of hydrogen-bond donors (Lipinski definition) is 3. The zero-order valence-electron chi connectivity index (χ0n) is 19.0. The number of aliphatic hydroxyl groups is 2. The maximum atomic E-state index is 12.9. The second kappa shape index (κ2) is 9.28. The molecule has 6 nitrogen and oxygen atoms in total. The van der Waals surface area contributed by atoms with E-state index in [0.717, 1.165) is 20.5 Å². The standard InChI is InChI=1S/C26H25ClN2O4S2/c1-26(31,15-30)17-11-12-28-22(14-17)20-7-4-5-16-13-23(34-25(16)20)24(19-6-2-3-8-21(19)27)29-35(32,33)18-9-10-18/h2-8,11-14,18,24,29-31H,9-10,15H2,1H3/t24-,26-/m1/s1. The van der Waals surface area contributed by atoms with Crippen molar-refractivity contribution >= 4 is 43.0 Å². The normalized spacial score (nSPS) is 16.8. The van der Waals surface area contributed by atoms with Gasteiger partial charge in [-0.2, -0.15) is 0 Å². The van der Waals surface area contributed by atoms with E-state index in [4.69, 9.17) is 11.6 Å². The highest BCUT2D eigenvalue weighted by Gasteiger charge is 2.38. The van der Waals surface area contributed by atoms with Crippen LogP contribution in [0.25, 0.3) is 21.3 Å². The van der Waals surface area contributed by atoms with Gasteiger partial charge in [-0.25, -0.2) is 13.1 Å². The number of pyridine rings is 1. The number of benzene rings is 2. The van der Waals surface area contributed by atoms with Gasteiger partial charge in [-0.1, -0.05) is 48.0 Å². The van der Waals surface area contributed by atoms with Crippen LogP contribution in [0, 0.1) is 0 Å². The molecule has 0 bridgehead atoms. The van der Waals surface area contributed by atoms with Crippen molar-refractivity contribution in [2.24, 2.45) is 0 Å². The SMILES string of the molecule is C[C@@](O)(CO)c1ccnc(-c2cccc3cc([C@H](NS(=O)(=O)C4CC4)c4ccccc4Cl)sc23)c1. The molecule has 5 rings (SSSR count). The summed E-state index contributed by atoms with van der Waals surface area (Å²) >= 11 is 7.99. The number of hydrogen-bond acceptors (Lipinski definition) is 6. The number of thiophene rings is 1. The molecule has 2 aromatic heterocycles. The van der Waals surface area contributed by atoms with Gasteiger partial charge < -0.3 is 10.2 Å². The van der Waals surface area contributed by atoms with E-state index in [0.29, 0.717) is 34.7 Å². The molecule has 1 aliphatic carbocycles. The van der Waals surface area contributed by atoms with Crippen LogP contribution in [0.4, 0.5) is 0 Å². The summed E-state index contributed by atoms with van der Waals surface area (Å²) in [5.41, 5.74) is 1.39. The van der Waals surface area contributed by atoms with Crippen molar-refractivity contribution in [2.45, 2.75) is 36.7 Å². The Kier molecular flexibility index (Phi) is 6.46. The van der Waals surface area contributed by atoms with E-state index in [9.17, 15) is 18.6 Å². The van der Waals surface area contributed by atoms with Gasteiger partial charge in [0.25, 0.3) is 0 Å². The Balaban J connectivity index is 1.62. The fourth-order valence-corrected chi connectivity index (χ4v) is 7.16. The molecule has 2 atom stereocenters. The summed E-state index contributed by atoms with van der Waals surface area (Å²) in [4.78, 5) is 5.33. The molecule has 2 aromatic carbocycles. The number of aromatic nitrogens is 1. The van der Waals surface area contributed by atoms with Crippen LogP contribution in [0.3, 0.4) is 0 Å². The first-order valence-electron chi connectivity index (χ1n) is 11.3. The molecule has 0 radical (unpaired) electrons. The zero-order valence-corrected chi connectivity index (χ0v) is 21.4. The average molecular weight is 529 g/mol. The van der Waals surface area contributed by atoms with Crippen LogP contribution >= 0.6 is 22.9 Å². The third kappa shape index (κ3) is 4.87. The summed E-state index contributed by atoms with van der Waals surface area (Å²) in [6.07, 6.45) is 2.94. The van der Waals surface area contributed by atoms with E-state index in [-0.39, 0.29) is 5.25 Å². The number of sulfonamides is 1. The van der Waals surface area contributed by atoms with Crippen molar-refractivity contribution in [1.29, 1.82) is 0 Å². The molecule has 35 heavy (non-hydrogen) atoms. The molecule has 4 aromatic rings. The monoisotopic (exact) mass is 528 g/mol. The molecule has 182 valence electrons. The van der Waals surface area contributed by atoms with E-state index in [1.807, 2.05) is 42.5 Å². The molecule has 1 saturated carbocycles. The molecular formula is C26H25ClN2O4S2. The number of aliphatic hydroxyl groups excluding tert-OH is 1. The minimum absolute atomic E-state index is 0.358. The van der Waals surface area contributed by atoms with E-state index >= 15 is 0 Å². The van der Waals surface area contributed by atoms with Crippen molar-refractivity contribution in [1.82, 2.24) is 9.71 Å². The highest BCUT2D eigenvalue weighted by atomic mass is 35.5. The second-order valence-corrected chi connectivity index (χ2v) is 12.5. The molecule has 1 fully saturated rings. The molecule has 9 heteroatoms. The van der Waals surface area contributed by atoms with Crippen molar-refractivity contribution in [2.75, 3.05) is 6.61 Å². The Morgan fingerprint density at radius 3 is 2.66 bits per heavy atom. The van der Waals surface area contributed by atoms with Crippen LogP contribution in [0.2, 0.25) is 5.02 Å². The predicted molar refractivity (Wildman–Crippen MR) is 140 cm³/mol. The van der Waals surface area contributed by atoms with Gasteiger partial charge in [0.05, 0.1) is 23.6 Å². The largest absolute Gasteiger partial charge is 0.393 e. The summed E-state index contributed by atoms with van der Waals surface area (Å²) in [6, 6.07) is 17.9. The highest BCUT2D eigenvalue weighted by molar-refractivity contribution is 7.90. The van der Waals surface area contributed by atoms with Gasteiger partial charge in [-0.05, 0) is 60.5 Å². The maximum Gasteiger partial charge on any atom is 0.215 e. The lowest BCUT2D eigenvalue weighted by Crippen LogP contribution is -2.31. The Morgan fingerprint density at radius 1 is 1.17 bits per heavy atom. The summed E-state index contributed by atoms with van der Waals surface area (Å²) in [5, 5.41) is 21.2. The van der Waals surface area contributed by atoms with Crippen molar-refractivity contribution < 1.29 is 18.6 Å². The number of halogens is 1. The van der Waals surface area contributed by atoms with Gasteiger partial charge in [-0.3, -0.25) is 4.98 Å². The first kappa shape index (κ1) is 24.4. The van der Waals surface area contributed by atoms with Crippen molar-refractivity contribution in [3.8, 4) is 11.3 Å². The van der Waals surface area contributed by atoms with Crippen molar-refractivity contribution in [3.63, 3.8) is 0 Å². The summed E-state index contributed by atoms with van der Waals surface area (Å²) in [5.74, 6) is 0. The maximum absolute atomic E-state index is 12.9. The smallest absolute Gasteiger partial charge is 0.215 e. The molecule has 0 unspecified atom stereocenters. The molecule has 0 saturated heterocycles. The Labute approximate surface area is 213 Å². The lowest BCUT2D eigenvalue weighted by atomic mass is 9.96. The summed E-state index contributed by atoms with van der Waals surface area (Å²) in [7, 11) is -3.49. The second-order valence-electron chi connectivity index (χ2n) is 9.05. The summed E-state index contributed by atoms with van der Waals surface area (Å²) < 4.78 is 29.7. The topological polar surface area (TPSA) is 99.5 Å². The highest BCUT2D eigenvalue weighted by Crippen LogP contribution is 2.41. The van der Waals surface area contributed by atoms with Crippen LogP contribution < -0.4 is 4.72 Å². The fraction of sp³-hybridized carbons (Fsp3) is 0.269. The molecule has 0 spiro atoms. The van der Waals surface area contributed by atoms with Crippen molar-refractivity contribution in [3.05, 3.63) is 87.9 Å². The first-order chi connectivity index (χ1) is 16.7. The Bertz CT molecular complexity index is 1500. The van der Waals surface area contributed by atoms with Crippen LogP contribution in [0.5, 0.6) is 0 Å². The van der Waals surface area contributed by atoms with Gasteiger partial charge in [0, 0.05) is 26.4 Å². The predicted octanol–water partition coefficient (Wildman–Crippen LogP) is 4.99. The molecule has 3 N–H and O–H groups in total. The molecule has 0 amide bonds. The van der Waals surface area contributed by atoms with E-state index in [1.165, 1.54) is 11.3 Å². The lowest BCUT2D eigenvalue weighted by molar-refractivity contribution is -0.00230. The van der Waals surface area contributed by atoms with E-state index < -0.39 is 28.3 Å². The van der Waals surface area contributed by atoms with Crippen LogP contribution in [0.15, 0.2) is 66.9 Å². The fourth-order valence-electron chi connectivity index (χ4n) is 4.05. The number of nitrogens with zero attached hydrogens (tertiary/aromatic N) is 1. The first-order valence-corrected chi connectivity index (χ1v) is 14.0. The number of rotatable bonds is 8. The molecule has 0 aliphatic heterocycles. The minimum atomic E-state index is -3.49. The van der Waals surface area contributed by atoms with Gasteiger partial charge >= 0.3 is 0 Å². The number of fused-ring (bicyclic) bond motifs is 1. The quantitative estimate of drug-likeness (QED) is 0.299. The molecule has 2 heterocycles. The lowest BCUT2D eigenvalue weighted by Gasteiger charge is -2.21. The van der Waals surface area contributed by atoms with E-state index in [1.54, 1.807) is 31.3 Å². The summed E-state index contributed by atoms with van der Waals surface area (Å²) in [6.45, 7) is 1.14. The third-order valence-corrected chi connectivity index (χ3v) is 9.78. The van der Waals surface area contributed by atoms with Gasteiger partial charge in [0.1, 0.15) is 5.60 Å². The zero-order chi connectivity index (χ0) is 24.8. The van der Waals surface area contributed by atoms with Gasteiger partial charge in [0.15, 0.2) is 0 Å². The number of nitrogens with one attached hydrogen (secondary N) is 1. The van der Waals surface area contributed by atoms with Gasteiger partial charge in [0.2, 0.25) is 10.0 Å².